The minimum absolute atomic E-state index is 0.719. The fourth-order valence-corrected chi connectivity index (χ4v) is 1.79. The summed E-state index contributed by atoms with van der Waals surface area (Å²) in [5.74, 6) is 0. The van der Waals surface area contributed by atoms with Crippen molar-refractivity contribution in [2.24, 2.45) is 0 Å². The molecule has 0 radical (unpaired) electrons. The Morgan fingerprint density at radius 3 is 2.35 bits per heavy atom. The molecule has 0 aliphatic carbocycles. The summed E-state index contributed by atoms with van der Waals surface area (Å²) in [6.45, 7) is 10.1. The van der Waals surface area contributed by atoms with Crippen molar-refractivity contribution in [3.8, 4) is 0 Å². The molecule has 102 valence electrons. The van der Waals surface area contributed by atoms with Crippen LogP contribution in [-0.4, -0.2) is 64.2 Å². The molecule has 1 heterocycles. The first-order valence-electron chi connectivity index (χ1n) is 6.89. The van der Waals surface area contributed by atoms with Crippen LogP contribution in [0.1, 0.15) is 26.2 Å². The van der Waals surface area contributed by atoms with E-state index in [9.17, 15) is 0 Å². The summed E-state index contributed by atoms with van der Waals surface area (Å²) < 4.78 is 16.3. The number of hydrogen-bond acceptors (Lipinski definition) is 4. The zero-order valence-corrected chi connectivity index (χ0v) is 11.2. The molecule has 0 aromatic heterocycles. The van der Waals surface area contributed by atoms with E-state index in [1.165, 1.54) is 19.3 Å². The van der Waals surface area contributed by atoms with Gasteiger partial charge in [-0.15, -0.1) is 0 Å². The number of rotatable bonds is 10. The Morgan fingerprint density at radius 1 is 0.941 bits per heavy atom. The van der Waals surface area contributed by atoms with Gasteiger partial charge in [0.05, 0.1) is 33.0 Å². The zero-order valence-electron chi connectivity index (χ0n) is 11.2. The third kappa shape index (κ3) is 8.55. The summed E-state index contributed by atoms with van der Waals surface area (Å²) in [7, 11) is 0. The lowest BCUT2D eigenvalue weighted by Crippen LogP contribution is -2.38. The Bertz CT molecular complexity index is 161. The van der Waals surface area contributed by atoms with Gasteiger partial charge in [0.15, 0.2) is 0 Å². The smallest absolute Gasteiger partial charge is 0.0701 e. The standard InChI is InChI=1S/C13H27NO3/c1-2-3-4-8-15-12-13-17-11-7-14-5-9-16-10-6-14/h2-13H2,1H3. The molecule has 0 aromatic rings. The Labute approximate surface area is 105 Å². The first-order valence-corrected chi connectivity index (χ1v) is 6.89. The van der Waals surface area contributed by atoms with Gasteiger partial charge in [-0.1, -0.05) is 19.8 Å². The summed E-state index contributed by atoms with van der Waals surface area (Å²) in [6, 6.07) is 0. The third-order valence-electron chi connectivity index (χ3n) is 2.92. The lowest BCUT2D eigenvalue weighted by Gasteiger charge is -2.26. The van der Waals surface area contributed by atoms with Gasteiger partial charge in [0.2, 0.25) is 0 Å². The second-order valence-corrected chi connectivity index (χ2v) is 4.39. The Balaban J connectivity index is 1.75. The van der Waals surface area contributed by atoms with Gasteiger partial charge in [-0.3, -0.25) is 4.90 Å². The monoisotopic (exact) mass is 245 g/mol. The van der Waals surface area contributed by atoms with Gasteiger partial charge in [0, 0.05) is 26.2 Å². The van der Waals surface area contributed by atoms with Gasteiger partial charge >= 0.3 is 0 Å². The zero-order chi connectivity index (χ0) is 12.2. The van der Waals surface area contributed by atoms with E-state index in [-0.39, 0.29) is 0 Å². The normalized spacial score (nSPS) is 17.5. The second-order valence-electron chi connectivity index (χ2n) is 4.39. The molecule has 1 rings (SSSR count). The lowest BCUT2D eigenvalue weighted by molar-refractivity contribution is 0.00769. The first-order chi connectivity index (χ1) is 8.43. The summed E-state index contributed by atoms with van der Waals surface area (Å²) in [5, 5.41) is 0. The highest BCUT2D eigenvalue weighted by molar-refractivity contribution is 4.60. The van der Waals surface area contributed by atoms with Crippen LogP contribution in [0.2, 0.25) is 0 Å². The maximum atomic E-state index is 5.54. The highest BCUT2D eigenvalue weighted by atomic mass is 16.5. The highest BCUT2D eigenvalue weighted by Gasteiger charge is 2.08. The quantitative estimate of drug-likeness (QED) is 0.546. The van der Waals surface area contributed by atoms with Crippen LogP contribution >= 0.6 is 0 Å². The van der Waals surface area contributed by atoms with Gasteiger partial charge in [-0.2, -0.15) is 0 Å². The molecule has 0 unspecified atom stereocenters. The minimum Gasteiger partial charge on any atom is -0.379 e. The Morgan fingerprint density at radius 2 is 1.65 bits per heavy atom. The Kier molecular flexibility index (Phi) is 9.61. The van der Waals surface area contributed by atoms with Gasteiger partial charge in [-0.25, -0.2) is 0 Å². The van der Waals surface area contributed by atoms with E-state index >= 15 is 0 Å². The predicted molar refractivity (Wildman–Crippen MR) is 68.4 cm³/mol. The molecule has 0 aromatic carbocycles. The van der Waals surface area contributed by atoms with Crippen LogP contribution in [0.5, 0.6) is 0 Å². The van der Waals surface area contributed by atoms with Gasteiger partial charge in [-0.05, 0) is 6.42 Å². The molecule has 4 heteroatoms. The van der Waals surface area contributed by atoms with E-state index < -0.39 is 0 Å². The molecule has 0 N–H and O–H groups in total. The van der Waals surface area contributed by atoms with Gasteiger partial charge in [0.1, 0.15) is 0 Å². The average molecular weight is 245 g/mol. The SMILES string of the molecule is CCCCCOCCOCCN1CCOCC1. The van der Waals surface area contributed by atoms with E-state index in [0.717, 1.165) is 59.3 Å². The molecule has 0 saturated carbocycles. The van der Waals surface area contributed by atoms with Crippen LogP contribution in [-0.2, 0) is 14.2 Å². The van der Waals surface area contributed by atoms with Crippen LogP contribution < -0.4 is 0 Å². The molecule has 17 heavy (non-hydrogen) atoms. The van der Waals surface area contributed by atoms with E-state index in [4.69, 9.17) is 14.2 Å². The van der Waals surface area contributed by atoms with E-state index in [1.807, 2.05) is 0 Å². The molecule has 0 amide bonds. The second kappa shape index (κ2) is 11.0. The number of morpholine rings is 1. The topological polar surface area (TPSA) is 30.9 Å². The van der Waals surface area contributed by atoms with Crippen LogP contribution in [0, 0.1) is 0 Å². The maximum absolute atomic E-state index is 5.54. The molecule has 1 fully saturated rings. The van der Waals surface area contributed by atoms with Crippen molar-refractivity contribution in [2.75, 3.05) is 59.3 Å². The van der Waals surface area contributed by atoms with E-state index in [0.29, 0.717) is 0 Å². The lowest BCUT2D eigenvalue weighted by atomic mass is 10.3. The van der Waals surface area contributed by atoms with Crippen LogP contribution in [0.4, 0.5) is 0 Å². The Hall–Kier alpha value is -0.160. The summed E-state index contributed by atoms with van der Waals surface area (Å²) in [4.78, 5) is 2.38. The number of unbranched alkanes of at least 4 members (excludes halogenated alkanes) is 2. The number of nitrogens with zero attached hydrogens (tertiary/aromatic N) is 1. The summed E-state index contributed by atoms with van der Waals surface area (Å²) in [5.41, 5.74) is 0. The molecule has 0 spiro atoms. The molecule has 1 saturated heterocycles. The fraction of sp³-hybridized carbons (Fsp3) is 1.00. The maximum Gasteiger partial charge on any atom is 0.0701 e. The van der Waals surface area contributed by atoms with E-state index in [1.54, 1.807) is 0 Å². The minimum atomic E-state index is 0.719. The molecule has 4 nitrogen and oxygen atoms in total. The van der Waals surface area contributed by atoms with Crippen LogP contribution in [0.25, 0.3) is 0 Å². The van der Waals surface area contributed by atoms with Crippen molar-refractivity contribution in [1.29, 1.82) is 0 Å². The summed E-state index contributed by atoms with van der Waals surface area (Å²) in [6.07, 6.45) is 3.68. The average Bonchev–Trinajstić information content (AvgIpc) is 2.38. The summed E-state index contributed by atoms with van der Waals surface area (Å²) >= 11 is 0. The van der Waals surface area contributed by atoms with E-state index in [2.05, 4.69) is 11.8 Å². The van der Waals surface area contributed by atoms with Crippen molar-refractivity contribution in [2.45, 2.75) is 26.2 Å². The van der Waals surface area contributed by atoms with Crippen LogP contribution in [0.3, 0.4) is 0 Å². The molecule has 1 aliphatic heterocycles. The van der Waals surface area contributed by atoms with Gasteiger partial charge in [0.25, 0.3) is 0 Å². The van der Waals surface area contributed by atoms with Crippen molar-refractivity contribution >= 4 is 0 Å². The van der Waals surface area contributed by atoms with Crippen molar-refractivity contribution in [1.82, 2.24) is 4.90 Å². The third-order valence-corrected chi connectivity index (χ3v) is 2.92. The highest BCUT2D eigenvalue weighted by Crippen LogP contribution is 1.96. The van der Waals surface area contributed by atoms with Crippen molar-refractivity contribution < 1.29 is 14.2 Å². The molecule has 0 atom stereocenters. The predicted octanol–water partition coefficient (Wildman–Crippen LogP) is 1.54. The number of ether oxygens (including phenoxy) is 3. The van der Waals surface area contributed by atoms with Crippen molar-refractivity contribution in [3.05, 3.63) is 0 Å². The molecule has 1 aliphatic rings. The van der Waals surface area contributed by atoms with Crippen molar-refractivity contribution in [3.63, 3.8) is 0 Å². The fourth-order valence-electron chi connectivity index (χ4n) is 1.79. The number of hydrogen-bond donors (Lipinski definition) is 0. The first kappa shape index (κ1) is 14.9. The van der Waals surface area contributed by atoms with Crippen LogP contribution in [0.15, 0.2) is 0 Å². The molecule has 0 bridgehead atoms. The van der Waals surface area contributed by atoms with Gasteiger partial charge < -0.3 is 14.2 Å². The molecular weight excluding hydrogens is 218 g/mol. The molecular formula is C13H27NO3. The largest absolute Gasteiger partial charge is 0.379 e.